The number of hydrogen-bond donors (Lipinski definition) is 0. The molecule has 0 saturated heterocycles. The summed E-state index contributed by atoms with van der Waals surface area (Å²) in [5.74, 6) is 1.35. The van der Waals surface area contributed by atoms with Gasteiger partial charge >= 0.3 is 0 Å². The topological polar surface area (TPSA) is 48.4 Å². The minimum Gasteiger partial charge on any atom is -0.497 e. The highest BCUT2D eigenvalue weighted by Crippen LogP contribution is 2.26. The minimum atomic E-state index is -0.0102. The van der Waals surface area contributed by atoms with E-state index in [4.69, 9.17) is 9.47 Å². The van der Waals surface area contributed by atoms with Gasteiger partial charge in [-0.15, -0.1) is 0 Å². The third-order valence-electron chi connectivity index (χ3n) is 3.88. The Bertz CT molecular complexity index is 880. The Morgan fingerprint density at radius 1 is 1.08 bits per heavy atom. The van der Waals surface area contributed by atoms with Crippen molar-refractivity contribution in [2.24, 2.45) is 0 Å². The molecule has 0 aliphatic rings. The zero-order valence-corrected chi connectivity index (χ0v) is 15.9. The molecule has 0 radical (unpaired) electrons. The van der Waals surface area contributed by atoms with Gasteiger partial charge < -0.3 is 9.47 Å². The molecule has 132 valence electrons. The summed E-state index contributed by atoms with van der Waals surface area (Å²) in [6.07, 6.45) is 3.67. The standard InChI is InChI=1S/C21H18BrNO3/c1-25-18-7-4-15(5-8-18)14-26-21-9-6-17(22)12-19(21)20(24)11-16-3-2-10-23-13-16/h2-10,12-13H,11,14H2,1H3. The summed E-state index contributed by atoms with van der Waals surface area (Å²) >= 11 is 3.43. The molecule has 1 heterocycles. The van der Waals surface area contributed by atoms with Crippen molar-refractivity contribution in [1.82, 2.24) is 4.98 Å². The Balaban J connectivity index is 1.75. The van der Waals surface area contributed by atoms with Gasteiger partial charge in [0.05, 0.1) is 12.7 Å². The number of carbonyl (C=O) groups is 1. The van der Waals surface area contributed by atoms with Crippen molar-refractivity contribution in [1.29, 1.82) is 0 Å². The van der Waals surface area contributed by atoms with Crippen molar-refractivity contribution in [3.63, 3.8) is 0 Å². The quantitative estimate of drug-likeness (QED) is 0.521. The fourth-order valence-electron chi connectivity index (χ4n) is 2.51. The first-order valence-electron chi connectivity index (χ1n) is 8.13. The molecule has 4 nitrogen and oxygen atoms in total. The van der Waals surface area contributed by atoms with Gasteiger partial charge in [-0.2, -0.15) is 0 Å². The Labute approximate surface area is 160 Å². The first-order chi connectivity index (χ1) is 12.7. The van der Waals surface area contributed by atoms with E-state index in [-0.39, 0.29) is 12.2 Å². The van der Waals surface area contributed by atoms with Crippen molar-refractivity contribution in [3.05, 3.63) is 88.2 Å². The molecule has 0 N–H and O–H groups in total. The van der Waals surface area contributed by atoms with Gasteiger partial charge in [0.15, 0.2) is 5.78 Å². The van der Waals surface area contributed by atoms with E-state index in [9.17, 15) is 4.79 Å². The molecule has 0 saturated carbocycles. The van der Waals surface area contributed by atoms with Gasteiger partial charge in [-0.3, -0.25) is 9.78 Å². The van der Waals surface area contributed by atoms with E-state index in [1.807, 2.05) is 48.5 Å². The first-order valence-corrected chi connectivity index (χ1v) is 8.92. The zero-order valence-electron chi connectivity index (χ0n) is 14.3. The summed E-state index contributed by atoms with van der Waals surface area (Å²) < 4.78 is 11.9. The molecule has 3 aromatic rings. The normalized spacial score (nSPS) is 10.4. The van der Waals surface area contributed by atoms with Gasteiger partial charge in [-0.25, -0.2) is 0 Å². The fourth-order valence-corrected chi connectivity index (χ4v) is 2.87. The van der Waals surface area contributed by atoms with Crippen LogP contribution in [-0.2, 0) is 13.0 Å². The van der Waals surface area contributed by atoms with Crippen LogP contribution in [0.5, 0.6) is 11.5 Å². The number of halogens is 1. The van der Waals surface area contributed by atoms with Gasteiger partial charge in [0.1, 0.15) is 18.1 Å². The van der Waals surface area contributed by atoms with Gasteiger partial charge in [0, 0.05) is 23.3 Å². The van der Waals surface area contributed by atoms with Crippen LogP contribution in [0.4, 0.5) is 0 Å². The Kier molecular flexibility index (Phi) is 6.02. The summed E-state index contributed by atoms with van der Waals surface area (Å²) in [6, 6.07) is 16.8. The van der Waals surface area contributed by atoms with E-state index in [0.717, 1.165) is 21.3 Å². The van der Waals surface area contributed by atoms with Crippen LogP contribution in [-0.4, -0.2) is 17.9 Å². The molecule has 26 heavy (non-hydrogen) atoms. The number of rotatable bonds is 7. The Morgan fingerprint density at radius 2 is 1.88 bits per heavy atom. The second-order valence-corrected chi connectivity index (χ2v) is 6.65. The molecule has 3 rings (SSSR count). The van der Waals surface area contributed by atoms with E-state index in [2.05, 4.69) is 20.9 Å². The van der Waals surface area contributed by atoms with Crippen LogP contribution in [0.1, 0.15) is 21.5 Å². The van der Waals surface area contributed by atoms with Gasteiger partial charge in [0.2, 0.25) is 0 Å². The molecular formula is C21H18BrNO3. The van der Waals surface area contributed by atoms with E-state index in [0.29, 0.717) is 17.9 Å². The summed E-state index contributed by atoms with van der Waals surface area (Å²) in [5.41, 5.74) is 2.43. The lowest BCUT2D eigenvalue weighted by Gasteiger charge is -2.12. The number of Topliss-reactive ketones (excluding diaryl/α,β-unsaturated/α-hetero) is 1. The summed E-state index contributed by atoms with van der Waals surface area (Å²) in [5, 5.41) is 0. The average Bonchev–Trinajstić information content (AvgIpc) is 2.68. The van der Waals surface area contributed by atoms with E-state index in [1.165, 1.54) is 0 Å². The molecule has 0 fully saturated rings. The SMILES string of the molecule is COc1ccc(COc2ccc(Br)cc2C(=O)Cc2cccnc2)cc1. The maximum Gasteiger partial charge on any atom is 0.171 e. The highest BCUT2D eigenvalue weighted by Gasteiger charge is 2.14. The Hall–Kier alpha value is -2.66. The molecule has 0 aliphatic heterocycles. The first kappa shape index (κ1) is 18.1. The van der Waals surface area contributed by atoms with Crippen LogP contribution >= 0.6 is 15.9 Å². The number of methoxy groups -OCH3 is 1. The van der Waals surface area contributed by atoms with Crippen molar-refractivity contribution >= 4 is 21.7 Å². The summed E-state index contributed by atoms with van der Waals surface area (Å²) in [7, 11) is 1.63. The summed E-state index contributed by atoms with van der Waals surface area (Å²) in [4.78, 5) is 16.8. The molecule has 5 heteroatoms. The molecule has 0 unspecified atom stereocenters. The fraction of sp³-hybridized carbons (Fsp3) is 0.143. The number of pyridine rings is 1. The second-order valence-electron chi connectivity index (χ2n) is 5.74. The number of benzene rings is 2. The predicted molar refractivity (Wildman–Crippen MR) is 104 cm³/mol. The molecule has 0 spiro atoms. The molecule has 1 aromatic heterocycles. The Morgan fingerprint density at radius 3 is 2.58 bits per heavy atom. The zero-order chi connectivity index (χ0) is 18.4. The van der Waals surface area contributed by atoms with E-state index < -0.39 is 0 Å². The van der Waals surface area contributed by atoms with Crippen molar-refractivity contribution < 1.29 is 14.3 Å². The number of nitrogens with zero attached hydrogens (tertiary/aromatic N) is 1. The van der Waals surface area contributed by atoms with Crippen LogP contribution in [0.3, 0.4) is 0 Å². The third kappa shape index (κ3) is 4.70. The van der Waals surface area contributed by atoms with Crippen LogP contribution in [0.15, 0.2) is 71.5 Å². The third-order valence-corrected chi connectivity index (χ3v) is 4.38. The largest absolute Gasteiger partial charge is 0.497 e. The minimum absolute atomic E-state index is 0.0102. The summed E-state index contributed by atoms with van der Waals surface area (Å²) in [6.45, 7) is 0.374. The lowest BCUT2D eigenvalue weighted by atomic mass is 10.0. The molecular weight excluding hydrogens is 394 g/mol. The van der Waals surface area contributed by atoms with Crippen LogP contribution < -0.4 is 9.47 Å². The van der Waals surface area contributed by atoms with Gasteiger partial charge in [-0.1, -0.05) is 34.1 Å². The molecule has 2 aromatic carbocycles. The van der Waals surface area contributed by atoms with Gasteiger partial charge in [0.25, 0.3) is 0 Å². The number of ether oxygens (including phenoxy) is 2. The molecule has 0 aliphatic carbocycles. The number of aromatic nitrogens is 1. The molecule has 0 amide bonds. The average molecular weight is 412 g/mol. The predicted octanol–water partition coefficient (Wildman–Crippen LogP) is 4.86. The van der Waals surface area contributed by atoms with Crippen LogP contribution in [0, 0.1) is 0 Å². The lowest BCUT2D eigenvalue weighted by Crippen LogP contribution is -2.07. The molecule has 0 bridgehead atoms. The molecule has 0 atom stereocenters. The lowest BCUT2D eigenvalue weighted by molar-refractivity contribution is 0.0988. The van der Waals surface area contributed by atoms with Crippen molar-refractivity contribution in [2.75, 3.05) is 7.11 Å². The van der Waals surface area contributed by atoms with Crippen molar-refractivity contribution in [3.8, 4) is 11.5 Å². The van der Waals surface area contributed by atoms with E-state index in [1.54, 1.807) is 25.6 Å². The second kappa shape index (κ2) is 8.63. The number of carbonyl (C=O) groups excluding carboxylic acids is 1. The number of hydrogen-bond acceptors (Lipinski definition) is 4. The smallest absolute Gasteiger partial charge is 0.171 e. The highest BCUT2D eigenvalue weighted by atomic mass is 79.9. The highest BCUT2D eigenvalue weighted by molar-refractivity contribution is 9.10. The van der Waals surface area contributed by atoms with Crippen LogP contribution in [0.25, 0.3) is 0 Å². The van der Waals surface area contributed by atoms with Crippen molar-refractivity contribution in [2.45, 2.75) is 13.0 Å². The maximum atomic E-state index is 12.7. The van der Waals surface area contributed by atoms with Gasteiger partial charge in [-0.05, 0) is 47.5 Å². The maximum absolute atomic E-state index is 12.7. The van der Waals surface area contributed by atoms with E-state index >= 15 is 0 Å². The van der Waals surface area contributed by atoms with Crippen LogP contribution in [0.2, 0.25) is 0 Å². The monoisotopic (exact) mass is 411 g/mol. The number of ketones is 1.